The first kappa shape index (κ1) is 25.2. The summed E-state index contributed by atoms with van der Waals surface area (Å²) >= 11 is 0. The lowest BCUT2D eigenvalue weighted by molar-refractivity contribution is -0.722. The van der Waals surface area contributed by atoms with Crippen molar-refractivity contribution in [1.29, 1.82) is 0 Å². The molecular formula is C26H51N2+. The van der Waals surface area contributed by atoms with E-state index in [4.69, 9.17) is 0 Å². The molecule has 1 rings (SSSR count). The molecule has 0 radical (unpaired) electrons. The lowest BCUT2D eigenvalue weighted by atomic mass is 10.1. The van der Waals surface area contributed by atoms with Crippen LogP contribution in [-0.4, -0.2) is 4.57 Å². The zero-order chi connectivity index (χ0) is 20.5. The molecule has 164 valence electrons. The molecule has 0 atom stereocenters. The fraction of sp³-hybridized carbons (Fsp3) is 0.885. The molecule has 1 heterocycles. The van der Waals surface area contributed by atoms with Crippen LogP contribution >= 0.6 is 0 Å². The second kappa shape index (κ2) is 17.1. The molecule has 0 aliphatic heterocycles. The van der Waals surface area contributed by atoms with Gasteiger partial charge >= 0.3 is 0 Å². The highest BCUT2D eigenvalue weighted by atomic mass is 15.2. The molecule has 1 aromatic rings. The van der Waals surface area contributed by atoms with E-state index in [-0.39, 0.29) is 0 Å². The molecule has 0 aromatic carbocycles. The van der Waals surface area contributed by atoms with Crippen LogP contribution in [-0.2, 0) is 13.0 Å². The maximum absolute atomic E-state index is 2.55. The van der Waals surface area contributed by atoms with Gasteiger partial charge in [-0.1, -0.05) is 97.3 Å². The van der Waals surface area contributed by atoms with Gasteiger partial charge in [-0.05, 0) is 33.1 Å². The van der Waals surface area contributed by atoms with E-state index in [1.54, 1.807) is 5.82 Å². The van der Waals surface area contributed by atoms with Crippen LogP contribution in [0.5, 0.6) is 0 Å². The first-order chi connectivity index (χ1) is 13.7. The van der Waals surface area contributed by atoms with Gasteiger partial charge in [-0.2, -0.15) is 0 Å². The summed E-state index contributed by atoms with van der Waals surface area (Å²) in [6.45, 7) is 10.4. The Balaban J connectivity index is 2.25. The number of imidazole rings is 1. The Kier molecular flexibility index (Phi) is 15.4. The smallest absolute Gasteiger partial charge is 0.234 e. The van der Waals surface area contributed by atoms with Crippen molar-refractivity contribution in [2.45, 2.75) is 149 Å². The van der Waals surface area contributed by atoms with E-state index >= 15 is 0 Å². The number of hydrogen-bond donors (Lipinski definition) is 0. The zero-order valence-corrected chi connectivity index (χ0v) is 19.9. The summed E-state index contributed by atoms with van der Waals surface area (Å²) in [4.78, 5) is 0. The van der Waals surface area contributed by atoms with E-state index in [0.29, 0.717) is 6.04 Å². The lowest BCUT2D eigenvalue weighted by Crippen LogP contribution is -2.39. The fourth-order valence-corrected chi connectivity index (χ4v) is 4.25. The van der Waals surface area contributed by atoms with Crippen LogP contribution in [0.2, 0.25) is 0 Å². The Morgan fingerprint density at radius 1 is 0.679 bits per heavy atom. The van der Waals surface area contributed by atoms with Gasteiger partial charge in [0.15, 0.2) is 0 Å². The second-order valence-electron chi connectivity index (χ2n) is 9.11. The zero-order valence-electron chi connectivity index (χ0n) is 19.9. The van der Waals surface area contributed by atoms with E-state index in [0.717, 1.165) is 0 Å². The molecule has 0 aliphatic carbocycles. The monoisotopic (exact) mass is 391 g/mol. The van der Waals surface area contributed by atoms with Crippen LogP contribution in [0.15, 0.2) is 12.4 Å². The van der Waals surface area contributed by atoms with Crippen LogP contribution in [0.4, 0.5) is 0 Å². The number of aromatic nitrogens is 2. The van der Waals surface area contributed by atoms with Crippen LogP contribution < -0.4 is 4.57 Å². The quantitative estimate of drug-likeness (QED) is 0.166. The lowest BCUT2D eigenvalue weighted by Gasteiger charge is -2.08. The average molecular weight is 392 g/mol. The molecule has 0 aliphatic rings. The summed E-state index contributed by atoms with van der Waals surface area (Å²) in [6, 6.07) is 0.573. The first-order valence-corrected chi connectivity index (χ1v) is 12.8. The molecule has 0 saturated heterocycles. The normalized spacial score (nSPS) is 11.6. The Hall–Kier alpha value is -0.790. The van der Waals surface area contributed by atoms with Crippen molar-refractivity contribution in [3.8, 4) is 0 Å². The molecule has 0 unspecified atom stereocenters. The fourth-order valence-electron chi connectivity index (χ4n) is 4.25. The minimum absolute atomic E-state index is 0.573. The molecule has 28 heavy (non-hydrogen) atoms. The van der Waals surface area contributed by atoms with Gasteiger partial charge in [-0.3, -0.25) is 0 Å². The minimum atomic E-state index is 0.573. The molecule has 0 amide bonds. The molecule has 1 aromatic heterocycles. The standard InChI is InChI=1S/C26H51N2/c1-5-7-9-11-13-14-15-16-17-19-21-26-27(23-24-28(26)25(3)4)22-20-18-12-10-8-6-2/h23-25H,5-22H2,1-4H3/q+1. The Morgan fingerprint density at radius 2 is 1.14 bits per heavy atom. The van der Waals surface area contributed by atoms with Crippen molar-refractivity contribution in [1.82, 2.24) is 4.57 Å². The van der Waals surface area contributed by atoms with Crippen LogP contribution in [0.3, 0.4) is 0 Å². The van der Waals surface area contributed by atoms with Crippen molar-refractivity contribution in [3.05, 3.63) is 18.2 Å². The number of hydrogen-bond acceptors (Lipinski definition) is 0. The molecule has 0 N–H and O–H groups in total. The van der Waals surface area contributed by atoms with Crippen molar-refractivity contribution < 1.29 is 4.57 Å². The van der Waals surface area contributed by atoms with Crippen molar-refractivity contribution in [3.63, 3.8) is 0 Å². The van der Waals surface area contributed by atoms with E-state index < -0.39 is 0 Å². The topological polar surface area (TPSA) is 8.81 Å². The molecule has 0 bridgehead atoms. The van der Waals surface area contributed by atoms with E-state index in [2.05, 4.69) is 49.2 Å². The summed E-state index contributed by atoms with van der Waals surface area (Å²) in [5, 5.41) is 0. The summed E-state index contributed by atoms with van der Waals surface area (Å²) in [5.74, 6) is 1.56. The van der Waals surface area contributed by atoms with Gasteiger partial charge in [0.05, 0.1) is 12.6 Å². The van der Waals surface area contributed by atoms with Gasteiger partial charge in [-0.25, -0.2) is 9.13 Å². The highest BCUT2D eigenvalue weighted by Gasteiger charge is 2.18. The maximum Gasteiger partial charge on any atom is 0.256 e. The molecule has 0 saturated carbocycles. The Morgan fingerprint density at radius 3 is 1.64 bits per heavy atom. The van der Waals surface area contributed by atoms with Crippen LogP contribution in [0.25, 0.3) is 0 Å². The Bertz CT molecular complexity index is 461. The maximum atomic E-state index is 2.55. The van der Waals surface area contributed by atoms with E-state index in [1.165, 1.54) is 116 Å². The Labute approximate surface area is 177 Å². The minimum Gasteiger partial charge on any atom is -0.234 e. The predicted octanol–water partition coefficient (Wildman–Crippen LogP) is 8.18. The van der Waals surface area contributed by atoms with Gasteiger partial charge in [0.25, 0.3) is 5.82 Å². The van der Waals surface area contributed by atoms with Crippen molar-refractivity contribution >= 4 is 0 Å². The van der Waals surface area contributed by atoms with Crippen LogP contribution in [0.1, 0.15) is 142 Å². The average Bonchev–Trinajstić information content (AvgIpc) is 3.09. The van der Waals surface area contributed by atoms with Crippen molar-refractivity contribution in [2.24, 2.45) is 0 Å². The molecule has 0 spiro atoms. The highest BCUT2D eigenvalue weighted by molar-refractivity contribution is 4.85. The number of rotatable bonds is 19. The molecule has 0 fully saturated rings. The van der Waals surface area contributed by atoms with Gasteiger partial charge in [0.1, 0.15) is 12.4 Å². The summed E-state index contributed by atoms with van der Waals surface area (Å²) in [6.07, 6.45) is 28.4. The third kappa shape index (κ3) is 11.3. The van der Waals surface area contributed by atoms with Crippen LogP contribution in [0, 0.1) is 0 Å². The number of aryl methyl sites for hydroxylation is 1. The van der Waals surface area contributed by atoms with Gasteiger partial charge in [0.2, 0.25) is 0 Å². The highest BCUT2D eigenvalue weighted by Crippen LogP contribution is 2.13. The van der Waals surface area contributed by atoms with Gasteiger partial charge in [0, 0.05) is 6.42 Å². The number of unbranched alkanes of at least 4 members (excludes halogenated alkanes) is 14. The first-order valence-electron chi connectivity index (χ1n) is 12.8. The van der Waals surface area contributed by atoms with E-state index in [9.17, 15) is 0 Å². The summed E-state index contributed by atoms with van der Waals surface area (Å²) in [5.41, 5.74) is 0. The molecule has 2 heteroatoms. The molecule has 2 nitrogen and oxygen atoms in total. The van der Waals surface area contributed by atoms with E-state index in [1.807, 2.05) is 0 Å². The predicted molar refractivity (Wildman–Crippen MR) is 124 cm³/mol. The summed E-state index contributed by atoms with van der Waals surface area (Å²) in [7, 11) is 0. The van der Waals surface area contributed by atoms with Gasteiger partial charge in [-0.15, -0.1) is 0 Å². The number of nitrogens with zero attached hydrogens (tertiary/aromatic N) is 2. The third-order valence-electron chi connectivity index (χ3n) is 6.10. The molecular weight excluding hydrogens is 340 g/mol. The largest absolute Gasteiger partial charge is 0.256 e. The van der Waals surface area contributed by atoms with Gasteiger partial charge < -0.3 is 0 Å². The summed E-state index contributed by atoms with van der Waals surface area (Å²) < 4.78 is 5.05. The SMILES string of the molecule is CCCCCCCCCCCCc1n(CCCCCCCC)cc[n+]1C(C)C. The third-order valence-corrected chi connectivity index (χ3v) is 6.10. The second-order valence-corrected chi connectivity index (χ2v) is 9.11. The van der Waals surface area contributed by atoms with Crippen molar-refractivity contribution in [2.75, 3.05) is 0 Å².